The van der Waals surface area contributed by atoms with Gasteiger partial charge < -0.3 is 4.90 Å². The third kappa shape index (κ3) is 6.06. The molecule has 0 bridgehead atoms. The summed E-state index contributed by atoms with van der Waals surface area (Å²) in [4.78, 5) is 18.0. The van der Waals surface area contributed by atoms with E-state index in [9.17, 15) is 0 Å². The van der Waals surface area contributed by atoms with Crippen LogP contribution in [0, 0.1) is 0 Å². The predicted molar refractivity (Wildman–Crippen MR) is 229 cm³/mol. The van der Waals surface area contributed by atoms with Crippen LogP contribution >= 0.6 is 0 Å². The van der Waals surface area contributed by atoms with Crippen LogP contribution in [0.4, 0.5) is 17.1 Å². The fourth-order valence-electron chi connectivity index (χ4n) is 7.62. The van der Waals surface area contributed by atoms with Gasteiger partial charge in [-0.15, -0.1) is 0 Å². The van der Waals surface area contributed by atoms with Crippen LogP contribution in [0.1, 0.15) is 0 Å². The van der Waals surface area contributed by atoms with Gasteiger partial charge in [-0.2, -0.15) is 0 Å². The van der Waals surface area contributed by atoms with Gasteiger partial charge in [-0.1, -0.05) is 158 Å². The third-order valence-corrected chi connectivity index (χ3v) is 10.2. The molecule has 0 aliphatic rings. The van der Waals surface area contributed by atoms with Gasteiger partial charge in [0.15, 0.2) is 5.82 Å². The summed E-state index contributed by atoms with van der Waals surface area (Å²) in [6.07, 6.45) is 0. The van der Waals surface area contributed by atoms with E-state index in [0.717, 1.165) is 72.7 Å². The first kappa shape index (κ1) is 32.2. The number of hydrogen-bond donors (Lipinski definition) is 0. The maximum Gasteiger partial charge on any atom is 0.160 e. The lowest BCUT2D eigenvalue weighted by molar-refractivity contribution is 1.18. The Morgan fingerprint density at radius 1 is 0.327 bits per heavy atom. The highest BCUT2D eigenvalue weighted by atomic mass is 15.1. The van der Waals surface area contributed by atoms with E-state index in [1.165, 1.54) is 16.2 Å². The van der Waals surface area contributed by atoms with Gasteiger partial charge in [0.1, 0.15) is 0 Å². The maximum atomic E-state index is 5.52. The molecular formula is C51H34N4. The first-order valence-electron chi connectivity index (χ1n) is 18.5. The van der Waals surface area contributed by atoms with E-state index in [-0.39, 0.29) is 0 Å². The fraction of sp³-hybridized carbons (Fsp3) is 0. The molecule has 0 amide bonds. The molecule has 0 atom stereocenters. The summed E-state index contributed by atoms with van der Waals surface area (Å²) in [6, 6.07) is 72.0. The molecule has 0 aliphatic heterocycles. The first-order chi connectivity index (χ1) is 27.3. The van der Waals surface area contributed by atoms with E-state index in [2.05, 4.69) is 175 Å². The molecule has 4 heteroatoms. The van der Waals surface area contributed by atoms with Crippen molar-refractivity contribution in [1.29, 1.82) is 0 Å². The molecule has 0 unspecified atom stereocenters. The molecule has 10 rings (SSSR count). The lowest BCUT2D eigenvalue weighted by Crippen LogP contribution is -2.09. The van der Waals surface area contributed by atoms with Gasteiger partial charge in [-0.25, -0.2) is 15.0 Å². The van der Waals surface area contributed by atoms with Gasteiger partial charge in [0.05, 0.1) is 22.6 Å². The molecule has 0 aliphatic carbocycles. The van der Waals surface area contributed by atoms with Crippen LogP contribution in [-0.4, -0.2) is 15.0 Å². The average molecular weight is 703 g/mol. The molecule has 0 N–H and O–H groups in total. The van der Waals surface area contributed by atoms with Crippen molar-refractivity contribution in [3.8, 4) is 45.2 Å². The summed E-state index contributed by atoms with van der Waals surface area (Å²) in [5.41, 5.74) is 10.8. The van der Waals surface area contributed by atoms with E-state index in [1.807, 2.05) is 36.4 Å². The molecule has 0 radical (unpaired) electrons. The highest BCUT2D eigenvalue weighted by Crippen LogP contribution is 2.41. The van der Waals surface area contributed by atoms with Crippen molar-refractivity contribution in [1.82, 2.24) is 15.0 Å². The summed E-state index contributed by atoms with van der Waals surface area (Å²) in [5, 5.41) is 5.82. The van der Waals surface area contributed by atoms with Crippen LogP contribution in [0.15, 0.2) is 206 Å². The molecular weight excluding hydrogens is 669 g/mol. The van der Waals surface area contributed by atoms with E-state index in [4.69, 9.17) is 15.0 Å². The van der Waals surface area contributed by atoms with Gasteiger partial charge in [-0.3, -0.25) is 0 Å². The second kappa shape index (κ2) is 13.8. The SMILES string of the molecule is c1ccc(-c2cc(-c3cccc(-c4nc5cc(N(c6ccccc6)c6ccccc6)ccc5c5c4ccc4ccccc45)c3)nc(-c3ccccc3)n2)cc1. The number of aromatic nitrogens is 3. The van der Waals surface area contributed by atoms with Crippen molar-refractivity contribution in [2.75, 3.05) is 4.90 Å². The van der Waals surface area contributed by atoms with Gasteiger partial charge in [0.2, 0.25) is 0 Å². The van der Waals surface area contributed by atoms with Crippen LogP contribution < -0.4 is 4.90 Å². The van der Waals surface area contributed by atoms with Crippen molar-refractivity contribution in [2.45, 2.75) is 0 Å². The number of hydrogen-bond acceptors (Lipinski definition) is 4. The minimum atomic E-state index is 0.692. The monoisotopic (exact) mass is 702 g/mol. The van der Waals surface area contributed by atoms with Crippen LogP contribution in [0.5, 0.6) is 0 Å². The Bertz CT molecular complexity index is 2870. The Kier molecular flexibility index (Phi) is 8.12. The summed E-state index contributed by atoms with van der Waals surface area (Å²) >= 11 is 0. The molecule has 0 saturated heterocycles. The lowest BCUT2D eigenvalue weighted by Gasteiger charge is -2.26. The smallest absolute Gasteiger partial charge is 0.160 e. The number of anilines is 3. The molecule has 0 saturated carbocycles. The molecule has 10 aromatic rings. The Morgan fingerprint density at radius 2 is 0.891 bits per heavy atom. The molecule has 258 valence electrons. The Balaban J connectivity index is 1.19. The molecule has 55 heavy (non-hydrogen) atoms. The Hall–Kier alpha value is -7.43. The number of benzene rings is 8. The first-order valence-corrected chi connectivity index (χ1v) is 18.5. The molecule has 0 fully saturated rings. The molecule has 4 nitrogen and oxygen atoms in total. The quantitative estimate of drug-likeness (QED) is 0.155. The summed E-state index contributed by atoms with van der Waals surface area (Å²) in [5.74, 6) is 0.692. The van der Waals surface area contributed by atoms with Crippen LogP contribution in [0.25, 0.3) is 77.6 Å². The van der Waals surface area contributed by atoms with E-state index >= 15 is 0 Å². The Morgan fingerprint density at radius 3 is 1.60 bits per heavy atom. The highest BCUT2D eigenvalue weighted by Gasteiger charge is 2.18. The second-order valence-electron chi connectivity index (χ2n) is 13.7. The van der Waals surface area contributed by atoms with Gasteiger partial charge in [0.25, 0.3) is 0 Å². The van der Waals surface area contributed by atoms with Crippen molar-refractivity contribution >= 4 is 49.5 Å². The van der Waals surface area contributed by atoms with Gasteiger partial charge in [0, 0.05) is 55.5 Å². The number of pyridine rings is 1. The normalized spacial score (nSPS) is 11.3. The summed E-state index contributed by atoms with van der Waals surface area (Å²) in [7, 11) is 0. The number of rotatable bonds is 7. The number of para-hydroxylation sites is 2. The van der Waals surface area contributed by atoms with Crippen molar-refractivity contribution in [2.24, 2.45) is 0 Å². The topological polar surface area (TPSA) is 41.9 Å². The zero-order chi connectivity index (χ0) is 36.6. The van der Waals surface area contributed by atoms with Crippen molar-refractivity contribution in [3.63, 3.8) is 0 Å². The van der Waals surface area contributed by atoms with Crippen molar-refractivity contribution in [3.05, 3.63) is 206 Å². The molecule has 8 aromatic carbocycles. The zero-order valence-electron chi connectivity index (χ0n) is 29.9. The van der Waals surface area contributed by atoms with E-state index < -0.39 is 0 Å². The Labute approximate surface area is 319 Å². The van der Waals surface area contributed by atoms with Crippen LogP contribution in [0.3, 0.4) is 0 Å². The summed E-state index contributed by atoms with van der Waals surface area (Å²) < 4.78 is 0. The standard InChI is InChI=1S/C51H34N4/c1-5-17-36(18-6-1)46-34-47(54-51(53-46)37-19-7-2-8-20-37)38-21-15-22-39(32-38)50-45-30-28-35-16-13-14-27-43(35)49(45)44-31-29-42(33-48(44)52-50)55(40-23-9-3-10-24-40)41-25-11-4-12-26-41/h1-34H. The molecule has 2 heterocycles. The zero-order valence-corrected chi connectivity index (χ0v) is 29.9. The lowest BCUT2D eigenvalue weighted by atomic mass is 9.94. The van der Waals surface area contributed by atoms with Gasteiger partial charge >= 0.3 is 0 Å². The second-order valence-corrected chi connectivity index (χ2v) is 13.7. The minimum absolute atomic E-state index is 0.692. The molecule has 0 spiro atoms. The largest absolute Gasteiger partial charge is 0.310 e. The van der Waals surface area contributed by atoms with Crippen LogP contribution in [-0.2, 0) is 0 Å². The predicted octanol–water partition coefficient (Wildman–Crippen LogP) is 13.5. The van der Waals surface area contributed by atoms with E-state index in [0.29, 0.717) is 5.82 Å². The van der Waals surface area contributed by atoms with Crippen LogP contribution in [0.2, 0.25) is 0 Å². The summed E-state index contributed by atoms with van der Waals surface area (Å²) in [6.45, 7) is 0. The number of nitrogens with zero attached hydrogens (tertiary/aromatic N) is 4. The van der Waals surface area contributed by atoms with Crippen molar-refractivity contribution < 1.29 is 0 Å². The highest BCUT2D eigenvalue weighted by molar-refractivity contribution is 6.22. The van der Waals surface area contributed by atoms with Gasteiger partial charge in [-0.05, 0) is 59.3 Å². The van der Waals surface area contributed by atoms with E-state index in [1.54, 1.807) is 0 Å². The number of fused-ring (bicyclic) bond motifs is 5. The third-order valence-electron chi connectivity index (χ3n) is 10.2. The average Bonchev–Trinajstić information content (AvgIpc) is 3.27. The fourth-order valence-corrected chi connectivity index (χ4v) is 7.62. The maximum absolute atomic E-state index is 5.52. The molecule has 2 aromatic heterocycles. The minimum Gasteiger partial charge on any atom is -0.310 e.